The molecule has 4 rings (SSSR count). The van der Waals surface area contributed by atoms with E-state index in [0.717, 1.165) is 14.9 Å². The first-order valence-corrected chi connectivity index (χ1v) is 8.92. The number of aromatic nitrogens is 6. The molecule has 0 saturated carbocycles. The van der Waals surface area contributed by atoms with Crippen LogP contribution in [0, 0.1) is 6.92 Å². The van der Waals surface area contributed by atoms with Gasteiger partial charge in [0.25, 0.3) is 0 Å². The Bertz CT molecular complexity index is 1210. The Morgan fingerprint density at radius 1 is 1.04 bits per heavy atom. The van der Waals surface area contributed by atoms with E-state index in [-0.39, 0.29) is 0 Å². The summed E-state index contributed by atoms with van der Waals surface area (Å²) in [5.74, 6) is 0. The van der Waals surface area contributed by atoms with Crippen LogP contribution in [0.15, 0.2) is 59.5 Å². The number of hydrogen-bond donors (Lipinski definition) is 1. The number of benzene rings is 2. The van der Waals surface area contributed by atoms with Gasteiger partial charge in [0, 0.05) is 18.8 Å². The fourth-order valence-corrected chi connectivity index (χ4v) is 3.30. The lowest BCUT2D eigenvalue weighted by molar-refractivity contribution is 0.213. The number of aryl methyl sites for hydroxylation is 2. The first-order valence-electron chi connectivity index (χ1n) is 8.55. The normalized spacial score (nSPS) is 12.3. The van der Waals surface area contributed by atoms with Crippen LogP contribution >= 0.6 is 11.6 Å². The lowest BCUT2D eigenvalue weighted by Crippen LogP contribution is -2.23. The molecule has 8 nitrogen and oxygen atoms in total. The van der Waals surface area contributed by atoms with Crippen LogP contribution in [-0.2, 0) is 7.05 Å². The minimum absolute atomic E-state index is 0.402. The van der Waals surface area contributed by atoms with E-state index in [1.165, 1.54) is 7.05 Å². The van der Waals surface area contributed by atoms with Crippen LogP contribution in [0.2, 0.25) is 5.02 Å². The van der Waals surface area contributed by atoms with E-state index >= 15 is 0 Å². The highest BCUT2D eigenvalue weighted by Gasteiger charge is 2.22. The highest BCUT2D eigenvalue weighted by atomic mass is 35.5. The number of rotatable bonds is 4. The number of aliphatic hydroxyl groups is 1. The monoisotopic (exact) mass is 396 g/mol. The van der Waals surface area contributed by atoms with Crippen LogP contribution in [0.1, 0.15) is 22.9 Å². The smallest absolute Gasteiger partial charge is 0.368 e. The van der Waals surface area contributed by atoms with E-state index < -0.39 is 11.8 Å². The topological polar surface area (TPSA) is 90.8 Å². The van der Waals surface area contributed by atoms with Crippen molar-refractivity contribution in [2.45, 2.75) is 13.0 Å². The van der Waals surface area contributed by atoms with Gasteiger partial charge in [0.2, 0.25) is 0 Å². The third-order valence-electron chi connectivity index (χ3n) is 4.51. The number of halogens is 1. The van der Waals surface area contributed by atoms with Crippen LogP contribution in [0.5, 0.6) is 0 Å². The molecule has 1 N–H and O–H groups in total. The summed E-state index contributed by atoms with van der Waals surface area (Å²) in [4.78, 5) is 12.3. The van der Waals surface area contributed by atoms with Crippen LogP contribution in [0.3, 0.4) is 0 Å². The molecule has 28 heavy (non-hydrogen) atoms. The van der Waals surface area contributed by atoms with Crippen LogP contribution in [-0.4, -0.2) is 34.7 Å². The number of para-hydroxylation sites is 1. The summed E-state index contributed by atoms with van der Waals surface area (Å²) in [6, 6.07) is 14.4. The summed E-state index contributed by atoms with van der Waals surface area (Å²) in [6.45, 7) is 1.86. The maximum Gasteiger partial charge on any atom is 0.368 e. The Hall–Kier alpha value is -3.23. The zero-order chi connectivity index (χ0) is 19.8. The molecule has 1 atom stereocenters. The van der Waals surface area contributed by atoms with Crippen LogP contribution < -0.4 is 5.69 Å². The van der Waals surface area contributed by atoms with Gasteiger partial charge >= 0.3 is 5.69 Å². The first-order chi connectivity index (χ1) is 13.5. The van der Waals surface area contributed by atoms with Gasteiger partial charge in [0.05, 0.1) is 22.1 Å². The minimum atomic E-state index is -1.06. The van der Waals surface area contributed by atoms with Crippen molar-refractivity contribution < 1.29 is 5.11 Å². The molecule has 2 aromatic heterocycles. The zero-order valence-corrected chi connectivity index (χ0v) is 15.9. The predicted molar refractivity (Wildman–Crippen MR) is 104 cm³/mol. The summed E-state index contributed by atoms with van der Waals surface area (Å²) in [5, 5.41) is 23.7. The van der Waals surface area contributed by atoms with Gasteiger partial charge in [0.1, 0.15) is 6.10 Å². The molecule has 0 aliphatic heterocycles. The molecule has 0 aliphatic carbocycles. The second-order valence-corrected chi connectivity index (χ2v) is 6.75. The lowest BCUT2D eigenvalue weighted by Gasteiger charge is -2.16. The molecule has 9 heteroatoms. The van der Waals surface area contributed by atoms with Crippen molar-refractivity contribution in [1.29, 1.82) is 0 Å². The number of tetrazole rings is 1. The highest BCUT2D eigenvalue weighted by Crippen LogP contribution is 2.29. The Labute approximate surface area is 165 Å². The van der Waals surface area contributed by atoms with Crippen LogP contribution in [0.25, 0.3) is 11.4 Å². The Balaban J connectivity index is 1.80. The Morgan fingerprint density at radius 2 is 1.79 bits per heavy atom. The van der Waals surface area contributed by atoms with Crippen molar-refractivity contribution in [3.05, 3.63) is 87.1 Å². The molecular weight excluding hydrogens is 380 g/mol. The molecule has 1 unspecified atom stereocenters. The molecule has 0 spiro atoms. The van der Waals surface area contributed by atoms with E-state index in [0.29, 0.717) is 27.7 Å². The number of nitrogens with zero attached hydrogens (tertiary/aromatic N) is 6. The van der Waals surface area contributed by atoms with Crippen molar-refractivity contribution in [3.8, 4) is 11.4 Å². The van der Waals surface area contributed by atoms with E-state index in [4.69, 9.17) is 11.6 Å². The van der Waals surface area contributed by atoms with E-state index in [2.05, 4.69) is 15.5 Å². The zero-order valence-electron chi connectivity index (χ0n) is 15.2. The minimum Gasteiger partial charge on any atom is -0.382 e. The van der Waals surface area contributed by atoms with E-state index in [1.807, 2.05) is 31.2 Å². The standard InChI is InChI=1S/C19H17ClN6O2/c1-12-6-5-9-16(26-19(28)24(2)22-23-26)17(12)18(27)14-10-11-25(21-14)15-8-4-3-7-13(15)20/h3-11,18,27H,1-2H3. The molecule has 0 bridgehead atoms. The van der Waals surface area contributed by atoms with Gasteiger partial charge in [-0.25, -0.2) is 9.48 Å². The molecule has 4 aromatic rings. The van der Waals surface area contributed by atoms with Gasteiger partial charge in [-0.05, 0) is 47.2 Å². The Kier molecular flexibility index (Phi) is 4.58. The second kappa shape index (κ2) is 7.06. The van der Waals surface area contributed by atoms with E-state index in [9.17, 15) is 9.90 Å². The van der Waals surface area contributed by atoms with Gasteiger partial charge in [-0.15, -0.1) is 0 Å². The van der Waals surface area contributed by atoms with Crippen LogP contribution in [0.4, 0.5) is 0 Å². The summed E-state index contributed by atoms with van der Waals surface area (Å²) in [6.07, 6.45) is 0.667. The molecule has 142 valence electrons. The van der Waals surface area contributed by atoms with Crippen molar-refractivity contribution in [2.75, 3.05) is 0 Å². The Morgan fingerprint density at radius 3 is 2.50 bits per heavy atom. The third kappa shape index (κ3) is 3.02. The summed E-state index contributed by atoms with van der Waals surface area (Å²) < 4.78 is 3.90. The van der Waals surface area contributed by atoms with Gasteiger partial charge < -0.3 is 5.11 Å². The molecule has 0 radical (unpaired) electrons. The molecule has 0 saturated heterocycles. The lowest BCUT2D eigenvalue weighted by atomic mass is 9.99. The molecular formula is C19H17ClN6O2. The average molecular weight is 397 g/mol. The van der Waals surface area contributed by atoms with Crippen molar-refractivity contribution in [2.24, 2.45) is 7.05 Å². The highest BCUT2D eigenvalue weighted by molar-refractivity contribution is 6.32. The SMILES string of the molecule is Cc1cccc(-n2nnn(C)c2=O)c1C(O)c1ccn(-c2ccccc2Cl)n1. The number of aliphatic hydroxyl groups excluding tert-OH is 1. The summed E-state index contributed by atoms with van der Waals surface area (Å²) in [7, 11) is 1.52. The maximum atomic E-state index is 12.3. The van der Waals surface area contributed by atoms with Crippen molar-refractivity contribution in [1.82, 2.24) is 29.6 Å². The molecule has 2 heterocycles. The van der Waals surface area contributed by atoms with Crippen molar-refractivity contribution in [3.63, 3.8) is 0 Å². The fraction of sp³-hybridized carbons (Fsp3) is 0.158. The molecule has 0 aliphatic rings. The molecule has 2 aromatic carbocycles. The number of hydrogen-bond acceptors (Lipinski definition) is 5. The summed E-state index contributed by atoms with van der Waals surface area (Å²) >= 11 is 6.24. The fourth-order valence-electron chi connectivity index (χ4n) is 3.07. The van der Waals surface area contributed by atoms with E-state index in [1.54, 1.807) is 35.1 Å². The van der Waals surface area contributed by atoms with Gasteiger partial charge in [-0.1, -0.05) is 35.9 Å². The quantitative estimate of drug-likeness (QED) is 0.571. The molecule has 0 amide bonds. The third-order valence-corrected chi connectivity index (χ3v) is 4.83. The average Bonchev–Trinajstić information content (AvgIpc) is 3.29. The van der Waals surface area contributed by atoms with Gasteiger partial charge in [0.15, 0.2) is 0 Å². The first kappa shape index (κ1) is 18.1. The largest absolute Gasteiger partial charge is 0.382 e. The summed E-state index contributed by atoms with van der Waals surface area (Å²) in [5.41, 5.74) is 2.52. The van der Waals surface area contributed by atoms with Gasteiger partial charge in [-0.3, -0.25) is 0 Å². The predicted octanol–water partition coefficient (Wildman–Crippen LogP) is 2.20. The van der Waals surface area contributed by atoms with Crippen molar-refractivity contribution >= 4 is 11.6 Å². The van der Waals surface area contributed by atoms with Gasteiger partial charge in [-0.2, -0.15) is 14.5 Å². The second-order valence-electron chi connectivity index (χ2n) is 6.34. The maximum absolute atomic E-state index is 12.3. The molecule has 0 fully saturated rings.